The smallest absolute Gasteiger partial charge is 0.370 e. The van der Waals surface area contributed by atoms with Crippen molar-refractivity contribution >= 4 is 17.5 Å². The molecule has 1 amide bonds. The number of hydrogen-bond acceptors (Lipinski definition) is 7. The second-order valence-electron chi connectivity index (χ2n) is 13.4. The van der Waals surface area contributed by atoms with Crippen molar-refractivity contribution in [1.82, 2.24) is 24.6 Å². The first-order chi connectivity index (χ1) is 23.4. The van der Waals surface area contributed by atoms with E-state index in [0.29, 0.717) is 54.6 Å². The molecule has 9 nitrogen and oxygen atoms in total. The number of benzene rings is 2. The molecule has 0 aliphatic carbocycles. The third-order valence-electron chi connectivity index (χ3n) is 9.52. The van der Waals surface area contributed by atoms with E-state index in [1.165, 1.54) is 11.0 Å². The molecule has 0 radical (unpaired) electrons. The molecule has 4 aromatic rings. The van der Waals surface area contributed by atoms with E-state index in [4.69, 9.17) is 10.2 Å². The first-order valence-electron chi connectivity index (χ1n) is 16.8. The number of carbonyl (C=O) groups excluding carboxylic acids is 1. The second kappa shape index (κ2) is 14.0. The number of rotatable bonds is 10. The number of carbonyl (C=O) groups is 1. The minimum absolute atomic E-state index is 0.0358. The Morgan fingerprint density at radius 2 is 1.90 bits per heavy atom. The molecule has 2 aromatic carbocycles. The van der Waals surface area contributed by atoms with Gasteiger partial charge in [-0.05, 0) is 85.2 Å². The zero-order valence-corrected chi connectivity index (χ0v) is 28.3. The van der Waals surface area contributed by atoms with E-state index >= 15 is 0 Å². The number of nitriles is 1. The highest BCUT2D eigenvalue weighted by molar-refractivity contribution is 6.10. The Hall–Kier alpha value is -4.76. The number of nitrogens with zero attached hydrogens (tertiary/aromatic N) is 7. The number of hydrogen-bond donors (Lipinski definition) is 1. The molecule has 1 N–H and O–H groups in total. The van der Waals surface area contributed by atoms with Gasteiger partial charge in [-0.1, -0.05) is 44.0 Å². The zero-order valence-electron chi connectivity index (χ0n) is 28.3. The summed E-state index contributed by atoms with van der Waals surface area (Å²) in [6, 6.07) is 14.8. The average Bonchev–Trinajstić information content (AvgIpc) is 3.64. The Labute approximate surface area is 284 Å². The van der Waals surface area contributed by atoms with Gasteiger partial charge in [-0.15, -0.1) is 10.2 Å². The van der Waals surface area contributed by atoms with Crippen LogP contribution in [0.25, 0.3) is 22.5 Å². The van der Waals surface area contributed by atoms with E-state index in [1.807, 2.05) is 42.8 Å². The minimum Gasteiger partial charge on any atom is -0.370 e. The number of aryl methyl sites for hydroxylation is 2. The van der Waals surface area contributed by atoms with Crippen molar-refractivity contribution in [2.24, 2.45) is 13.0 Å². The van der Waals surface area contributed by atoms with E-state index in [2.05, 4.69) is 40.3 Å². The molecule has 0 unspecified atom stereocenters. The lowest BCUT2D eigenvalue weighted by Crippen LogP contribution is -2.42. The summed E-state index contributed by atoms with van der Waals surface area (Å²) in [7, 11) is 1.85. The number of piperidine rings is 1. The van der Waals surface area contributed by atoms with Gasteiger partial charge in [-0.3, -0.25) is 14.6 Å². The lowest BCUT2D eigenvalue weighted by atomic mass is 9.91. The molecule has 4 heterocycles. The number of aromatic nitrogens is 4. The summed E-state index contributed by atoms with van der Waals surface area (Å²) in [5.74, 6) is 1.17. The maximum absolute atomic E-state index is 14.7. The van der Waals surface area contributed by atoms with Crippen molar-refractivity contribution in [3.05, 3.63) is 76.6 Å². The van der Waals surface area contributed by atoms with Crippen LogP contribution < -0.4 is 10.2 Å². The summed E-state index contributed by atoms with van der Waals surface area (Å²) in [6.07, 6.45) is 1.02. The summed E-state index contributed by atoms with van der Waals surface area (Å²) in [5.41, 5.74) is 3.05. The highest BCUT2D eigenvalue weighted by atomic mass is 19.4. The van der Waals surface area contributed by atoms with Crippen molar-refractivity contribution in [3.63, 3.8) is 0 Å². The molecular weight excluding hydrogens is 629 g/mol. The van der Waals surface area contributed by atoms with Crippen LogP contribution in [0, 0.1) is 24.2 Å². The highest BCUT2D eigenvalue weighted by Crippen LogP contribution is 2.41. The number of likely N-dealkylation sites (tertiary alicyclic amines) is 1. The first-order valence-corrected chi connectivity index (χ1v) is 16.8. The number of alkyl halides is 3. The predicted octanol–water partition coefficient (Wildman–Crippen LogP) is 7.76. The molecule has 1 fully saturated rings. The maximum atomic E-state index is 14.7. The van der Waals surface area contributed by atoms with Crippen LogP contribution in [-0.4, -0.2) is 49.7 Å². The third kappa shape index (κ3) is 7.17. The Balaban J connectivity index is 1.42. The van der Waals surface area contributed by atoms with Gasteiger partial charge in [0.1, 0.15) is 18.0 Å². The third-order valence-corrected chi connectivity index (χ3v) is 9.52. The van der Waals surface area contributed by atoms with Crippen molar-refractivity contribution < 1.29 is 18.0 Å². The molecule has 0 bridgehead atoms. The van der Waals surface area contributed by atoms with E-state index in [1.54, 1.807) is 18.5 Å². The zero-order chi connectivity index (χ0) is 34.9. The van der Waals surface area contributed by atoms with Gasteiger partial charge in [-0.25, -0.2) is 4.98 Å². The number of fused-ring (bicyclic) bond motifs is 1. The van der Waals surface area contributed by atoms with Crippen LogP contribution in [0.3, 0.4) is 0 Å². The number of unbranched alkanes of at least 4 members (excludes halogenated alkanes) is 1. The number of amides is 1. The van der Waals surface area contributed by atoms with Crippen LogP contribution >= 0.6 is 0 Å². The normalized spacial score (nSPS) is 16.7. The van der Waals surface area contributed by atoms with Crippen molar-refractivity contribution in [2.45, 2.75) is 78.2 Å². The topological polar surface area (TPSA) is 103 Å². The summed E-state index contributed by atoms with van der Waals surface area (Å²) in [6.45, 7) is 7.64. The van der Waals surface area contributed by atoms with Gasteiger partial charge >= 0.3 is 6.18 Å². The molecular formula is C37H41F3N8O. The molecule has 0 saturated carbocycles. The van der Waals surface area contributed by atoms with Gasteiger partial charge in [-0.2, -0.15) is 18.4 Å². The first kappa shape index (κ1) is 34.1. The maximum Gasteiger partial charge on any atom is 0.416 e. The molecule has 2 aromatic heterocycles. The highest BCUT2D eigenvalue weighted by Gasteiger charge is 2.41. The van der Waals surface area contributed by atoms with E-state index in [0.717, 1.165) is 42.5 Å². The summed E-state index contributed by atoms with van der Waals surface area (Å²) < 4.78 is 45.8. The van der Waals surface area contributed by atoms with E-state index in [9.17, 15) is 18.0 Å². The lowest BCUT2D eigenvalue weighted by molar-refractivity contribution is -0.138. The fourth-order valence-electron chi connectivity index (χ4n) is 7.10. The summed E-state index contributed by atoms with van der Waals surface area (Å²) in [5, 5.41) is 20.6. The van der Waals surface area contributed by atoms with Gasteiger partial charge < -0.3 is 9.88 Å². The number of halogens is 3. The second-order valence-corrected chi connectivity index (χ2v) is 13.4. The number of nitrogens with one attached hydrogen (secondary N) is 1. The van der Waals surface area contributed by atoms with Crippen molar-refractivity contribution in [3.8, 4) is 28.6 Å². The van der Waals surface area contributed by atoms with Gasteiger partial charge in [0.2, 0.25) is 0 Å². The molecule has 6 rings (SSSR count). The van der Waals surface area contributed by atoms with Gasteiger partial charge in [0, 0.05) is 43.7 Å². The SMILES string of the molecule is Cc1ccc(-c2nncn2C)c(-c2cc(NCCCC#N)nc(N3Cc4c(cc(CN5CCCC[C@H]5C(C)C)cc4C(F)(F)F)C3=O)c2)c1. The van der Waals surface area contributed by atoms with Crippen LogP contribution in [0.15, 0.2) is 48.8 Å². The number of anilines is 2. The molecule has 256 valence electrons. The van der Waals surface area contributed by atoms with Crippen LogP contribution in [0.5, 0.6) is 0 Å². The fraction of sp³-hybridized carbons (Fsp3) is 0.432. The van der Waals surface area contributed by atoms with Crippen molar-refractivity contribution in [1.29, 1.82) is 5.26 Å². The van der Waals surface area contributed by atoms with Gasteiger partial charge in [0.05, 0.1) is 18.2 Å². The quantitative estimate of drug-likeness (QED) is 0.172. The largest absolute Gasteiger partial charge is 0.416 e. The monoisotopic (exact) mass is 670 g/mol. The van der Waals surface area contributed by atoms with E-state index in [-0.39, 0.29) is 29.5 Å². The van der Waals surface area contributed by atoms with E-state index < -0.39 is 17.6 Å². The molecule has 49 heavy (non-hydrogen) atoms. The molecule has 12 heteroatoms. The van der Waals surface area contributed by atoms with Crippen molar-refractivity contribution in [2.75, 3.05) is 23.3 Å². The van der Waals surface area contributed by atoms with Gasteiger partial charge in [0.25, 0.3) is 5.91 Å². The Morgan fingerprint density at radius 1 is 1.08 bits per heavy atom. The average molecular weight is 671 g/mol. The molecule has 1 saturated heterocycles. The molecule has 1 atom stereocenters. The standard InChI is InChI=1S/C37H41F3N8O/c1-23(2)32-9-5-8-14-47(32)20-25-16-29-30(31(17-25)37(38,39)40)21-48(36(29)49)34-19-26(18-33(44-34)42-13-7-6-12-41)28-15-24(3)10-11-27(28)35-45-43-22-46(35)4/h10-11,15-19,22-23,32H,5-9,13-14,20-21H2,1-4H3,(H,42,44)/t32-/m0/s1. The minimum atomic E-state index is -4.63. The molecule has 0 spiro atoms. The summed E-state index contributed by atoms with van der Waals surface area (Å²) >= 11 is 0. The summed E-state index contributed by atoms with van der Waals surface area (Å²) in [4.78, 5) is 22.5. The Kier molecular flexibility index (Phi) is 9.75. The van der Waals surface area contributed by atoms with Gasteiger partial charge in [0.15, 0.2) is 5.82 Å². The van der Waals surface area contributed by atoms with Crippen LogP contribution in [-0.2, 0) is 26.3 Å². The fourth-order valence-corrected chi connectivity index (χ4v) is 7.10. The lowest BCUT2D eigenvalue weighted by Gasteiger charge is -2.38. The Morgan fingerprint density at radius 3 is 2.61 bits per heavy atom. The predicted molar refractivity (Wildman–Crippen MR) is 183 cm³/mol. The van der Waals surface area contributed by atoms with Crippen LogP contribution in [0.4, 0.5) is 24.8 Å². The van der Waals surface area contributed by atoms with Crippen LogP contribution in [0.1, 0.15) is 78.6 Å². The molecule has 2 aliphatic rings. The molecule has 2 aliphatic heterocycles. The number of pyridine rings is 1. The van der Waals surface area contributed by atoms with Crippen LogP contribution in [0.2, 0.25) is 0 Å². The Bertz CT molecular complexity index is 1890.